The molecule has 2 heterocycles. The second-order valence-corrected chi connectivity index (χ2v) is 3.49. The fourth-order valence-corrected chi connectivity index (χ4v) is 1.14. The van der Waals surface area contributed by atoms with Gasteiger partial charge in [-0.25, -0.2) is 8.78 Å². The summed E-state index contributed by atoms with van der Waals surface area (Å²) in [5.74, 6) is -0.378. The Labute approximate surface area is 120 Å². The number of pyridine rings is 2. The lowest BCUT2D eigenvalue weighted by molar-refractivity contribution is 0.276. The Hall–Kier alpha value is -1.30. The van der Waals surface area contributed by atoms with Gasteiger partial charge in [0.1, 0.15) is 11.6 Å². The molecule has 0 spiro atoms. The third-order valence-corrected chi connectivity index (χ3v) is 2.15. The van der Waals surface area contributed by atoms with Gasteiger partial charge in [-0.1, -0.05) is 0 Å². The summed E-state index contributed by atoms with van der Waals surface area (Å²) in [6, 6.07) is 5.60. The number of hydrogen-bond acceptors (Lipinski definition) is 3. The number of aliphatic hydroxyl groups is 1. The van der Waals surface area contributed by atoms with Gasteiger partial charge in [0.25, 0.3) is 0 Å². The highest BCUT2D eigenvalue weighted by atomic mass is 35.5. The first-order chi connectivity index (χ1) is 8.65. The molecule has 0 aliphatic heterocycles. The molecule has 0 aromatic carbocycles. The van der Waals surface area contributed by atoms with Crippen molar-refractivity contribution in [1.82, 2.24) is 9.97 Å². The van der Waals surface area contributed by atoms with Crippen LogP contribution in [0.1, 0.15) is 11.4 Å². The normalized spacial score (nSPS) is 9.05. The van der Waals surface area contributed by atoms with Crippen LogP contribution in [0.2, 0.25) is 0 Å². The third kappa shape index (κ3) is 7.00. The van der Waals surface area contributed by atoms with Crippen LogP contribution in [-0.4, -0.2) is 15.1 Å². The van der Waals surface area contributed by atoms with Crippen molar-refractivity contribution in [3.05, 3.63) is 59.7 Å². The van der Waals surface area contributed by atoms with Crippen LogP contribution in [-0.2, 0) is 12.5 Å². The van der Waals surface area contributed by atoms with Crippen LogP contribution < -0.4 is 0 Å². The predicted molar refractivity (Wildman–Crippen MR) is 71.1 cm³/mol. The summed E-state index contributed by atoms with van der Waals surface area (Å²) in [5, 5.41) is 8.44. The summed E-state index contributed by atoms with van der Waals surface area (Å²) in [5.41, 5.74) is 1.18. The van der Waals surface area contributed by atoms with E-state index in [1.54, 1.807) is 6.07 Å². The molecule has 0 saturated heterocycles. The zero-order chi connectivity index (χ0) is 13.4. The lowest BCUT2D eigenvalue weighted by Crippen LogP contribution is -1.87. The highest BCUT2D eigenvalue weighted by Crippen LogP contribution is 2.00. The molecular formula is C12H12Cl2F2N2O. The van der Waals surface area contributed by atoms with Crippen LogP contribution >= 0.6 is 24.0 Å². The van der Waals surface area contributed by atoms with Gasteiger partial charge in [-0.05, 0) is 24.3 Å². The standard InChI is InChI=1S/C6H5ClFN.C6H6FNO.ClH/c7-3-6-2-1-5(8)4-9-6;7-5-1-2-6(4-9)8-3-5;/h1-2,4H,3H2;1-3,9H,4H2;1H. The van der Waals surface area contributed by atoms with E-state index in [1.165, 1.54) is 18.2 Å². The third-order valence-electron chi connectivity index (χ3n) is 1.88. The van der Waals surface area contributed by atoms with Crippen molar-refractivity contribution in [3.8, 4) is 0 Å². The van der Waals surface area contributed by atoms with Crippen LogP contribution in [0.4, 0.5) is 8.78 Å². The Morgan fingerprint density at radius 2 is 1.42 bits per heavy atom. The van der Waals surface area contributed by atoms with Crippen molar-refractivity contribution in [2.75, 3.05) is 0 Å². The van der Waals surface area contributed by atoms with Crippen LogP contribution in [0.5, 0.6) is 0 Å². The second kappa shape index (κ2) is 9.61. The molecule has 0 aliphatic rings. The first-order valence-electron chi connectivity index (χ1n) is 5.03. The van der Waals surface area contributed by atoms with Gasteiger partial charge in [0.05, 0.1) is 36.3 Å². The Bertz CT molecular complexity index is 421. The number of alkyl halides is 1. The molecule has 0 aliphatic carbocycles. The van der Waals surface area contributed by atoms with Crippen molar-refractivity contribution < 1.29 is 13.9 Å². The Morgan fingerprint density at radius 3 is 1.74 bits per heavy atom. The van der Waals surface area contributed by atoms with Gasteiger partial charge in [-0.15, -0.1) is 24.0 Å². The molecule has 2 aromatic rings. The molecule has 19 heavy (non-hydrogen) atoms. The number of halogens is 4. The zero-order valence-corrected chi connectivity index (χ0v) is 11.3. The molecular weight excluding hydrogens is 297 g/mol. The van der Waals surface area contributed by atoms with E-state index in [2.05, 4.69) is 9.97 Å². The summed E-state index contributed by atoms with van der Waals surface area (Å²) >= 11 is 5.39. The molecule has 0 amide bonds. The smallest absolute Gasteiger partial charge is 0.141 e. The van der Waals surface area contributed by atoms with E-state index in [1.807, 2.05) is 0 Å². The molecule has 3 nitrogen and oxygen atoms in total. The molecule has 0 saturated carbocycles. The van der Waals surface area contributed by atoms with E-state index >= 15 is 0 Å². The summed E-state index contributed by atoms with van der Waals surface area (Å²) in [6.45, 7) is -0.139. The Balaban J connectivity index is 0.000000324. The molecule has 0 unspecified atom stereocenters. The van der Waals surface area contributed by atoms with Crippen LogP contribution in [0.3, 0.4) is 0 Å². The summed E-state index contributed by atoms with van der Waals surface area (Å²) in [6.07, 6.45) is 2.23. The minimum absolute atomic E-state index is 0. The SMILES string of the molecule is Cl.Fc1ccc(CCl)nc1.OCc1ccc(F)cn1. The van der Waals surface area contributed by atoms with Gasteiger partial charge in [0.2, 0.25) is 0 Å². The lowest BCUT2D eigenvalue weighted by Gasteiger charge is -1.90. The number of aromatic nitrogens is 2. The van der Waals surface area contributed by atoms with Crippen LogP contribution in [0.15, 0.2) is 36.7 Å². The first kappa shape index (κ1) is 17.7. The summed E-state index contributed by atoms with van der Waals surface area (Å²) < 4.78 is 24.2. The van der Waals surface area contributed by atoms with Gasteiger partial charge in [-0.2, -0.15) is 0 Å². The topological polar surface area (TPSA) is 46.0 Å². The molecule has 0 bridgehead atoms. The van der Waals surface area contributed by atoms with Gasteiger partial charge in [0.15, 0.2) is 0 Å². The van der Waals surface area contributed by atoms with Crippen molar-refractivity contribution in [2.24, 2.45) is 0 Å². The quantitative estimate of drug-likeness (QED) is 0.867. The van der Waals surface area contributed by atoms with E-state index < -0.39 is 0 Å². The Kier molecular flexibility index (Phi) is 8.95. The molecule has 1 N–H and O–H groups in total. The van der Waals surface area contributed by atoms with E-state index in [4.69, 9.17) is 16.7 Å². The van der Waals surface area contributed by atoms with Crippen molar-refractivity contribution in [3.63, 3.8) is 0 Å². The average Bonchev–Trinajstić information content (AvgIpc) is 2.41. The number of hydrogen-bond donors (Lipinski definition) is 1. The minimum Gasteiger partial charge on any atom is -0.390 e. The predicted octanol–water partition coefficient (Wildman–Crippen LogP) is 3.09. The zero-order valence-electron chi connectivity index (χ0n) is 9.76. The van der Waals surface area contributed by atoms with Crippen molar-refractivity contribution in [2.45, 2.75) is 12.5 Å². The maximum atomic E-state index is 12.1. The molecule has 0 fully saturated rings. The minimum atomic E-state index is -0.382. The van der Waals surface area contributed by atoms with Crippen LogP contribution in [0, 0.1) is 11.6 Å². The van der Waals surface area contributed by atoms with Gasteiger partial charge in [0, 0.05) is 0 Å². The monoisotopic (exact) mass is 308 g/mol. The lowest BCUT2D eigenvalue weighted by atomic mass is 10.4. The molecule has 0 radical (unpaired) electrons. The molecule has 7 heteroatoms. The van der Waals surface area contributed by atoms with Gasteiger partial charge >= 0.3 is 0 Å². The largest absolute Gasteiger partial charge is 0.390 e. The second-order valence-electron chi connectivity index (χ2n) is 3.23. The van der Waals surface area contributed by atoms with Crippen molar-refractivity contribution in [1.29, 1.82) is 0 Å². The fraction of sp³-hybridized carbons (Fsp3) is 0.167. The number of aliphatic hydroxyl groups excluding tert-OH is 1. The molecule has 104 valence electrons. The molecule has 0 atom stereocenters. The Morgan fingerprint density at radius 1 is 0.947 bits per heavy atom. The van der Waals surface area contributed by atoms with E-state index in [9.17, 15) is 8.78 Å². The number of nitrogens with zero attached hydrogens (tertiary/aromatic N) is 2. The average molecular weight is 309 g/mol. The number of rotatable bonds is 2. The van der Waals surface area contributed by atoms with Gasteiger partial charge in [-0.3, -0.25) is 9.97 Å². The fourth-order valence-electron chi connectivity index (χ4n) is 0.985. The maximum Gasteiger partial charge on any atom is 0.141 e. The van der Waals surface area contributed by atoms with Crippen molar-refractivity contribution >= 4 is 24.0 Å². The van der Waals surface area contributed by atoms with E-state index in [0.29, 0.717) is 17.3 Å². The highest BCUT2D eigenvalue weighted by Gasteiger charge is 1.91. The molecule has 2 aromatic heterocycles. The summed E-state index contributed by atoms with van der Waals surface area (Å²) in [7, 11) is 0. The summed E-state index contributed by atoms with van der Waals surface area (Å²) in [4.78, 5) is 7.26. The van der Waals surface area contributed by atoms with Crippen LogP contribution in [0.25, 0.3) is 0 Å². The van der Waals surface area contributed by atoms with E-state index in [-0.39, 0.29) is 30.6 Å². The highest BCUT2D eigenvalue weighted by molar-refractivity contribution is 6.16. The van der Waals surface area contributed by atoms with E-state index in [0.717, 1.165) is 12.4 Å². The maximum absolute atomic E-state index is 12.1. The first-order valence-corrected chi connectivity index (χ1v) is 5.57. The van der Waals surface area contributed by atoms with Gasteiger partial charge < -0.3 is 5.11 Å². The molecule has 2 rings (SSSR count).